The van der Waals surface area contributed by atoms with Crippen LogP contribution in [0, 0.1) is 40.4 Å². The van der Waals surface area contributed by atoms with Crippen LogP contribution in [0.2, 0.25) is 0 Å². The summed E-state index contributed by atoms with van der Waals surface area (Å²) in [6.07, 6.45) is -3.23. The number of ether oxygens (including phenoxy) is 6. The van der Waals surface area contributed by atoms with E-state index in [1.807, 2.05) is 0 Å². The molecule has 0 unspecified atom stereocenters. The first-order chi connectivity index (χ1) is 19.4. The van der Waals surface area contributed by atoms with Crippen LogP contribution in [0.3, 0.4) is 0 Å². The van der Waals surface area contributed by atoms with Gasteiger partial charge >= 0.3 is 23.9 Å². The van der Waals surface area contributed by atoms with E-state index in [1.165, 1.54) is 0 Å². The van der Waals surface area contributed by atoms with Gasteiger partial charge in [0.25, 0.3) is 0 Å². The molecule has 0 spiro atoms. The van der Waals surface area contributed by atoms with Crippen molar-refractivity contribution in [3.8, 4) is 0 Å². The molecule has 8 atom stereocenters. The van der Waals surface area contributed by atoms with E-state index in [1.54, 1.807) is 55.4 Å². The average Bonchev–Trinajstić information content (AvgIpc) is 3.23. The normalized spacial score (nSPS) is 33.7. The van der Waals surface area contributed by atoms with Crippen LogP contribution in [-0.2, 0) is 47.6 Å². The zero-order valence-corrected chi connectivity index (χ0v) is 27.3. The molecule has 3 aliphatic rings. The molecule has 1 saturated heterocycles. The van der Waals surface area contributed by atoms with Crippen molar-refractivity contribution in [1.29, 1.82) is 0 Å². The van der Waals surface area contributed by atoms with Gasteiger partial charge in [-0.05, 0) is 36.0 Å². The lowest BCUT2D eigenvalue weighted by atomic mass is 9.70. The van der Waals surface area contributed by atoms with Crippen molar-refractivity contribution in [3.63, 3.8) is 0 Å². The van der Waals surface area contributed by atoms with Crippen LogP contribution in [0.25, 0.3) is 0 Å². The number of carbonyl (C=O) groups is 4. The number of rotatable bonds is 11. The third-order valence-electron chi connectivity index (χ3n) is 9.64. The Bertz CT molecular complexity index is 1000. The molecule has 0 N–H and O–H groups in total. The molecule has 42 heavy (non-hydrogen) atoms. The van der Waals surface area contributed by atoms with Crippen molar-refractivity contribution in [2.24, 2.45) is 40.4 Å². The topological polar surface area (TPSA) is 124 Å². The fraction of sp³-hybridized carbons (Fsp3) is 0.875. The first-order valence-electron chi connectivity index (χ1n) is 15.5. The number of hydrogen-bond donors (Lipinski definition) is 0. The van der Waals surface area contributed by atoms with E-state index in [0.717, 1.165) is 19.3 Å². The summed E-state index contributed by atoms with van der Waals surface area (Å²) in [5.74, 6) is -3.59. The van der Waals surface area contributed by atoms with Gasteiger partial charge in [0.05, 0.1) is 29.8 Å². The molecule has 0 aromatic rings. The van der Waals surface area contributed by atoms with Crippen LogP contribution in [0.5, 0.6) is 0 Å². The second kappa shape index (κ2) is 13.2. The third kappa shape index (κ3) is 6.95. The molecule has 2 saturated carbocycles. The molecule has 2 aliphatic carbocycles. The van der Waals surface area contributed by atoms with Crippen LogP contribution in [0.1, 0.15) is 95.4 Å². The van der Waals surface area contributed by atoms with Gasteiger partial charge < -0.3 is 28.4 Å². The van der Waals surface area contributed by atoms with E-state index < -0.39 is 78.3 Å². The van der Waals surface area contributed by atoms with Crippen LogP contribution in [0.4, 0.5) is 0 Å². The maximum Gasteiger partial charge on any atom is 0.308 e. The zero-order chi connectivity index (χ0) is 31.7. The van der Waals surface area contributed by atoms with Crippen molar-refractivity contribution in [1.82, 2.24) is 0 Å². The van der Waals surface area contributed by atoms with E-state index in [-0.39, 0.29) is 23.5 Å². The smallest absolute Gasteiger partial charge is 0.308 e. The van der Waals surface area contributed by atoms with Gasteiger partial charge in [0, 0.05) is 0 Å². The average molecular weight is 597 g/mol. The Kier molecular flexibility index (Phi) is 10.8. The van der Waals surface area contributed by atoms with Gasteiger partial charge in [-0.3, -0.25) is 19.2 Å². The van der Waals surface area contributed by atoms with Gasteiger partial charge in [-0.25, -0.2) is 0 Å². The SMILES string of the molecule is CC(C)C(=O)OC[C@H]1O[C@@H](O[C@@H]2C[C@@H]3CC[C@@]2(C)C3(C)C)[C@H](OC(=O)C(C)C)[C@@H](OC(=O)C(C)C)[C@@H]1OC(=O)C(C)C. The minimum Gasteiger partial charge on any atom is -0.463 e. The van der Waals surface area contributed by atoms with Gasteiger partial charge in [0.2, 0.25) is 0 Å². The summed E-state index contributed by atoms with van der Waals surface area (Å²) in [6, 6.07) is 0. The van der Waals surface area contributed by atoms with E-state index in [9.17, 15) is 19.2 Å². The van der Waals surface area contributed by atoms with Gasteiger partial charge in [0.1, 0.15) is 12.7 Å². The first kappa shape index (κ1) is 34.3. The van der Waals surface area contributed by atoms with Crippen molar-refractivity contribution in [2.75, 3.05) is 6.61 Å². The fourth-order valence-corrected chi connectivity index (χ4v) is 6.16. The third-order valence-corrected chi connectivity index (χ3v) is 9.64. The largest absolute Gasteiger partial charge is 0.463 e. The second-order valence-electron chi connectivity index (χ2n) is 14.2. The van der Waals surface area contributed by atoms with Crippen molar-refractivity contribution in [3.05, 3.63) is 0 Å². The van der Waals surface area contributed by atoms with Crippen molar-refractivity contribution < 1.29 is 47.6 Å². The summed E-state index contributed by atoms with van der Waals surface area (Å²) in [5.41, 5.74) is -0.125. The molecule has 3 fully saturated rings. The highest BCUT2D eigenvalue weighted by Gasteiger charge is 2.64. The number of carbonyl (C=O) groups excluding carboxylic acids is 4. The monoisotopic (exact) mass is 596 g/mol. The highest BCUT2D eigenvalue weighted by Crippen LogP contribution is 2.66. The molecule has 1 heterocycles. The number of esters is 4. The maximum atomic E-state index is 13.0. The number of fused-ring (bicyclic) bond motifs is 2. The van der Waals surface area contributed by atoms with E-state index >= 15 is 0 Å². The molecule has 10 heteroatoms. The molecule has 10 nitrogen and oxygen atoms in total. The van der Waals surface area contributed by atoms with Crippen molar-refractivity contribution in [2.45, 2.75) is 132 Å². The maximum absolute atomic E-state index is 13.0. The van der Waals surface area contributed by atoms with E-state index in [0.29, 0.717) is 5.92 Å². The minimum absolute atomic E-state index is 0.0292. The highest BCUT2D eigenvalue weighted by atomic mass is 16.7. The molecule has 0 aromatic heterocycles. The van der Waals surface area contributed by atoms with Gasteiger partial charge in [0.15, 0.2) is 24.6 Å². The molecule has 0 amide bonds. The fourth-order valence-electron chi connectivity index (χ4n) is 6.16. The Balaban J connectivity index is 2.06. The molecule has 1 aliphatic heterocycles. The summed E-state index contributed by atoms with van der Waals surface area (Å²) in [6.45, 7) is 20.0. The predicted molar refractivity (Wildman–Crippen MR) is 153 cm³/mol. The summed E-state index contributed by atoms with van der Waals surface area (Å²) in [5, 5.41) is 0. The quantitative estimate of drug-likeness (QED) is 0.242. The standard InChI is InChI=1S/C32H52O10/c1-16(2)26(33)37-15-21-23(40-27(34)17(3)4)24(41-28(35)18(5)6)25(42-29(36)19(7)8)30(38-21)39-22-14-20-12-13-32(22,11)31(20,9)10/h16-25,30H,12-15H2,1-11H3/t20-,21+,22+,23+,24-,25+,30-,32+/m0/s1. The Morgan fingerprint density at radius 1 is 0.714 bits per heavy atom. The van der Waals surface area contributed by atoms with Crippen LogP contribution in [0.15, 0.2) is 0 Å². The second-order valence-corrected chi connectivity index (χ2v) is 14.2. The van der Waals surface area contributed by atoms with Crippen LogP contribution < -0.4 is 0 Å². The molecule has 3 rings (SSSR count). The lowest BCUT2D eigenvalue weighted by molar-refractivity contribution is -0.325. The Morgan fingerprint density at radius 2 is 1.19 bits per heavy atom. The lowest BCUT2D eigenvalue weighted by Gasteiger charge is -2.47. The van der Waals surface area contributed by atoms with Gasteiger partial charge in [-0.2, -0.15) is 0 Å². The molecular weight excluding hydrogens is 544 g/mol. The Morgan fingerprint density at radius 3 is 1.62 bits per heavy atom. The highest BCUT2D eigenvalue weighted by molar-refractivity contribution is 5.74. The summed E-state index contributed by atoms with van der Waals surface area (Å²) in [4.78, 5) is 51.4. The zero-order valence-electron chi connectivity index (χ0n) is 27.3. The van der Waals surface area contributed by atoms with Gasteiger partial charge in [-0.15, -0.1) is 0 Å². The molecule has 2 bridgehead atoms. The van der Waals surface area contributed by atoms with E-state index in [4.69, 9.17) is 28.4 Å². The van der Waals surface area contributed by atoms with Gasteiger partial charge in [-0.1, -0.05) is 76.2 Å². The first-order valence-corrected chi connectivity index (χ1v) is 15.5. The lowest BCUT2D eigenvalue weighted by Crippen LogP contribution is -2.64. The summed E-state index contributed by atoms with van der Waals surface area (Å²) >= 11 is 0. The van der Waals surface area contributed by atoms with E-state index in [2.05, 4.69) is 20.8 Å². The predicted octanol–water partition coefficient (Wildman–Crippen LogP) is 4.85. The van der Waals surface area contributed by atoms with Crippen LogP contribution in [-0.4, -0.2) is 67.3 Å². The number of hydrogen-bond acceptors (Lipinski definition) is 10. The molecule has 240 valence electrons. The summed E-state index contributed by atoms with van der Waals surface area (Å²) in [7, 11) is 0. The molecular formula is C32H52O10. The van der Waals surface area contributed by atoms with Crippen molar-refractivity contribution >= 4 is 23.9 Å². The Hall–Kier alpha value is -2.20. The molecule has 0 radical (unpaired) electrons. The summed E-state index contributed by atoms with van der Waals surface area (Å²) < 4.78 is 36.4. The Labute approximate surface area is 250 Å². The molecule has 0 aromatic carbocycles. The van der Waals surface area contributed by atoms with Crippen LogP contribution >= 0.6 is 0 Å². The minimum atomic E-state index is -1.26.